The molecule has 0 aliphatic heterocycles. The van der Waals surface area contributed by atoms with Crippen LogP contribution in [0.4, 0.5) is 4.39 Å². The summed E-state index contributed by atoms with van der Waals surface area (Å²) in [6, 6.07) is 0. The normalized spacial score (nSPS) is 10.3. The smallest absolute Gasteiger partial charge is 0.109 e. The zero-order valence-corrected chi connectivity index (χ0v) is 6.40. The van der Waals surface area contributed by atoms with Crippen LogP contribution in [0.5, 0.6) is 0 Å². The number of aromatic nitrogens is 2. The van der Waals surface area contributed by atoms with Crippen LogP contribution < -0.4 is 0 Å². The fourth-order valence-electron chi connectivity index (χ4n) is 0.695. The molecule has 0 aliphatic rings. The van der Waals surface area contributed by atoms with E-state index in [2.05, 4.69) is 5.10 Å². The summed E-state index contributed by atoms with van der Waals surface area (Å²) in [4.78, 5) is 0. The standard InChI is InChI=1S/C6H8ClFN2/c1-5-6(7)4-10(9-5)3-2-8/h4H,2-3H2,1H3. The molecule has 0 N–H and O–H groups in total. The van der Waals surface area contributed by atoms with Crippen LogP contribution in [0.1, 0.15) is 5.69 Å². The number of alkyl halides is 1. The molecule has 0 amide bonds. The zero-order valence-electron chi connectivity index (χ0n) is 5.64. The quantitative estimate of drug-likeness (QED) is 0.649. The molecule has 0 unspecified atom stereocenters. The third-order valence-corrected chi connectivity index (χ3v) is 1.57. The molecule has 2 nitrogen and oxygen atoms in total. The van der Waals surface area contributed by atoms with Gasteiger partial charge in [-0.3, -0.25) is 4.68 Å². The van der Waals surface area contributed by atoms with E-state index < -0.39 is 6.67 Å². The fourth-order valence-corrected chi connectivity index (χ4v) is 0.845. The lowest BCUT2D eigenvalue weighted by Crippen LogP contribution is -1.99. The summed E-state index contributed by atoms with van der Waals surface area (Å²) in [5.41, 5.74) is 0.745. The van der Waals surface area contributed by atoms with Crippen molar-refractivity contribution in [3.8, 4) is 0 Å². The van der Waals surface area contributed by atoms with E-state index in [-0.39, 0.29) is 6.54 Å². The summed E-state index contributed by atoms with van der Waals surface area (Å²) < 4.78 is 13.2. The second-order valence-electron chi connectivity index (χ2n) is 2.01. The summed E-state index contributed by atoms with van der Waals surface area (Å²) in [6.07, 6.45) is 1.62. The highest BCUT2D eigenvalue weighted by atomic mass is 35.5. The minimum absolute atomic E-state index is 0.285. The van der Waals surface area contributed by atoms with Crippen molar-refractivity contribution in [1.29, 1.82) is 0 Å². The molecule has 0 radical (unpaired) electrons. The molecule has 56 valence electrons. The van der Waals surface area contributed by atoms with Gasteiger partial charge in [-0.15, -0.1) is 0 Å². The minimum Gasteiger partial charge on any atom is -0.268 e. The first-order valence-corrected chi connectivity index (χ1v) is 3.37. The summed E-state index contributed by atoms with van der Waals surface area (Å²) in [6.45, 7) is 1.67. The van der Waals surface area contributed by atoms with Gasteiger partial charge in [-0.25, -0.2) is 4.39 Å². The molecule has 0 spiro atoms. The number of hydrogen-bond donors (Lipinski definition) is 0. The molecular formula is C6H8ClFN2. The molecule has 0 aliphatic carbocycles. The lowest BCUT2D eigenvalue weighted by molar-refractivity contribution is 0.426. The lowest BCUT2D eigenvalue weighted by atomic mass is 10.5. The Hall–Kier alpha value is -0.570. The summed E-state index contributed by atoms with van der Waals surface area (Å²) in [5.74, 6) is 0. The average Bonchev–Trinajstić information content (AvgIpc) is 2.14. The molecule has 0 aromatic carbocycles. The van der Waals surface area contributed by atoms with Gasteiger partial charge < -0.3 is 0 Å². The minimum atomic E-state index is -0.405. The van der Waals surface area contributed by atoms with Gasteiger partial charge in [-0.1, -0.05) is 11.6 Å². The van der Waals surface area contributed by atoms with Gasteiger partial charge >= 0.3 is 0 Å². The van der Waals surface area contributed by atoms with E-state index in [1.54, 1.807) is 13.1 Å². The van der Waals surface area contributed by atoms with Crippen LogP contribution in [0.15, 0.2) is 6.20 Å². The van der Waals surface area contributed by atoms with Crippen molar-refractivity contribution < 1.29 is 4.39 Å². The first-order chi connectivity index (χ1) is 4.74. The Bertz CT molecular complexity index is 202. The Kier molecular flexibility index (Phi) is 2.27. The molecule has 1 aromatic heterocycles. The molecule has 10 heavy (non-hydrogen) atoms. The lowest BCUT2D eigenvalue weighted by Gasteiger charge is -1.91. The van der Waals surface area contributed by atoms with Crippen molar-refractivity contribution >= 4 is 11.6 Å². The molecule has 0 bridgehead atoms. The Morgan fingerprint density at radius 3 is 2.90 bits per heavy atom. The molecular weight excluding hydrogens is 155 g/mol. The second kappa shape index (κ2) is 3.01. The van der Waals surface area contributed by atoms with Crippen molar-refractivity contribution in [2.45, 2.75) is 13.5 Å². The molecule has 0 saturated heterocycles. The van der Waals surface area contributed by atoms with Gasteiger partial charge in [0.2, 0.25) is 0 Å². The van der Waals surface area contributed by atoms with E-state index in [0.717, 1.165) is 5.69 Å². The van der Waals surface area contributed by atoms with Crippen LogP contribution >= 0.6 is 11.6 Å². The highest BCUT2D eigenvalue weighted by molar-refractivity contribution is 6.31. The van der Waals surface area contributed by atoms with E-state index in [4.69, 9.17) is 11.6 Å². The monoisotopic (exact) mass is 162 g/mol. The molecule has 1 rings (SSSR count). The maximum absolute atomic E-state index is 11.7. The Morgan fingerprint density at radius 2 is 2.50 bits per heavy atom. The Balaban J connectivity index is 2.77. The van der Waals surface area contributed by atoms with Gasteiger partial charge in [-0.2, -0.15) is 5.10 Å². The van der Waals surface area contributed by atoms with Gasteiger partial charge in [-0.05, 0) is 6.92 Å². The van der Waals surface area contributed by atoms with Gasteiger partial charge in [0.25, 0.3) is 0 Å². The highest BCUT2D eigenvalue weighted by Crippen LogP contribution is 2.11. The SMILES string of the molecule is Cc1nn(CCF)cc1Cl. The van der Waals surface area contributed by atoms with Crippen molar-refractivity contribution in [3.05, 3.63) is 16.9 Å². The number of halogens is 2. The number of aryl methyl sites for hydroxylation is 2. The summed E-state index contributed by atoms with van der Waals surface area (Å²) in [7, 11) is 0. The average molecular weight is 163 g/mol. The van der Waals surface area contributed by atoms with E-state index in [9.17, 15) is 4.39 Å². The predicted octanol–water partition coefficient (Wildman–Crippen LogP) is 1.81. The molecule has 0 saturated carbocycles. The maximum Gasteiger partial charge on any atom is 0.109 e. The van der Waals surface area contributed by atoms with E-state index >= 15 is 0 Å². The first kappa shape index (κ1) is 7.54. The van der Waals surface area contributed by atoms with E-state index in [0.29, 0.717) is 5.02 Å². The van der Waals surface area contributed by atoms with E-state index in [1.807, 2.05) is 0 Å². The van der Waals surface area contributed by atoms with Gasteiger partial charge in [0.1, 0.15) is 6.67 Å². The molecule has 0 atom stereocenters. The van der Waals surface area contributed by atoms with E-state index in [1.165, 1.54) is 4.68 Å². The van der Waals surface area contributed by atoms with Gasteiger partial charge in [0, 0.05) is 6.20 Å². The topological polar surface area (TPSA) is 17.8 Å². The number of hydrogen-bond acceptors (Lipinski definition) is 1. The molecule has 0 fully saturated rings. The molecule has 4 heteroatoms. The summed E-state index contributed by atoms with van der Waals surface area (Å²) in [5, 5.41) is 4.54. The fraction of sp³-hybridized carbons (Fsp3) is 0.500. The van der Waals surface area contributed by atoms with Crippen molar-refractivity contribution in [1.82, 2.24) is 9.78 Å². The van der Waals surface area contributed by atoms with Crippen LogP contribution in [0, 0.1) is 6.92 Å². The summed E-state index contributed by atoms with van der Waals surface area (Å²) >= 11 is 5.66. The number of rotatable bonds is 2. The van der Waals surface area contributed by atoms with Crippen molar-refractivity contribution in [2.24, 2.45) is 0 Å². The van der Waals surface area contributed by atoms with Crippen LogP contribution in [0.2, 0.25) is 5.02 Å². The maximum atomic E-state index is 11.7. The van der Waals surface area contributed by atoms with Crippen molar-refractivity contribution in [2.75, 3.05) is 6.67 Å². The third-order valence-electron chi connectivity index (χ3n) is 1.20. The first-order valence-electron chi connectivity index (χ1n) is 2.99. The van der Waals surface area contributed by atoms with Crippen LogP contribution in [-0.2, 0) is 6.54 Å². The number of nitrogens with zero attached hydrogens (tertiary/aromatic N) is 2. The molecule has 1 aromatic rings. The van der Waals surface area contributed by atoms with Gasteiger partial charge in [0.15, 0.2) is 0 Å². The zero-order chi connectivity index (χ0) is 7.56. The predicted molar refractivity (Wildman–Crippen MR) is 37.9 cm³/mol. The highest BCUT2D eigenvalue weighted by Gasteiger charge is 1.99. The largest absolute Gasteiger partial charge is 0.268 e. The Morgan fingerprint density at radius 1 is 1.80 bits per heavy atom. The van der Waals surface area contributed by atoms with Crippen LogP contribution in [-0.4, -0.2) is 16.5 Å². The van der Waals surface area contributed by atoms with Crippen LogP contribution in [0.3, 0.4) is 0 Å². The Labute approximate surface area is 63.6 Å². The van der Waals surface area contributed by atoms with Crippen LogP contribution in [0.25, 0.3) is 0 Å². The second-order valence-corrected chi connectivity index (χ2v) is 2.42. The van der Waals surface area contributed by atoms with Gasteiger partial charge in [0.05, 0.1) is 17.3 Å². The molecule has 1 heterocycles. The van der Waals surface area contributed by atoms with Crippen molar-refractivity contribution in [3.63, 3.8) is 0 Å². The third kappa shape index (κ3) is 1.48.